The van der Waals surface area contributed by atoms with Crippen LogP contribution in [-0.4, -0.2) is 11.1 Å². The number of carboxylic acids is 1. The molecular formula is C12H15NO2. The zero-order valence-electron chi connectivity index (χ0n) is 8.68. The van der Waals surface area contributed by atoms with E-state index in [1.807, 2.05) is 31.2 Å². The monoisotopic (exact) mass is 205 g/mol. The van der Waals surface area contributed by atoms with E-state index < -0.39 is 5.97 Å². The molecule has 3 heteroatoms. The average Bonchev–Trinajstić information content (AvgIpc) is 2.97. The first kappa shape index (κ1) is 10.2. The second-order valence-electron chi connectivity index (χ2n) is 4.28. The van der Waals surface area contributed by atoms with Crippen LogP contribution in [0.5, 0.6) is 0 Å². The van der Waals surface area contributed by atoms with E-state index in [-0.39, 0.29) is 17.9 Å². The Bertz CT molecular complexity index is 372. The maximum absolute atomic E-state index is 10.7. The molecule has 3 N–H and O–H groups in total. The van der Waals surface area contributed by atoms with Gasteiger partial charge in [-0.15, -0.1) is 0 Å². The molecule has 0 amide bonds. The van der Waals surface area contributed by atoms with Gasteiger partial charge in [0.15, 0.2) is 0 Å². The molecule has 2 rings (SSSR count). The lowest BCUT2D eigenvalue weighted by atomic mass is 10.0. The summed E-state index contributed by atoms with van der Waals surface area (Å²) in [5.41, 5.74) is 8.24. The molecule has 1 saturated carbocycles. The molecule has 0 radical (unpaired) electrons. The summed E-state index contributed by atoms with van der Waals surface area (Å²) in [7, 11) is 0. The van der Waals surface area contributed by atoms with Gasteiger partial charge in [-0.3, -0.25) is 4.79 Å². The van der Waals surface area contributed by atoms with E-state index in [4.69, 9.17) is 10.8 Å². The van der Waals surface area contributed by atoms with Gasteiger partial charge in [0, 0.05) is 6.04 Å². The summed E-state index contributed by atoms with van der Waals surface area (Å²) in [6.07, 6.45) is 0.713. The fourth-order valence-electron chi connectivity index (χ4n) is 1.93. The topological polar surface area (TPSA) is 63.3 Å². The van der Waals surface area contributed by atoms with Crippen LogP contribution in [0.15, 0.2) is 24.3 Å². The van der Waals surface area contributed by atoms with Crippen molar-refractivity contribution in [1.29, 1.82) is 0 Å². The Hall–Kier alpha value is -1.35. The highest BCUT2D eigenvalue weighted by molar-refractivity contribution is 5.73. The molecule has 0 saturated heterocycles. The van der Waals surface area contributed by atoms with Crippen LogP contribution in [0.2, 0.25) is 0 Å². The third kappa shape index (κ3) is 2.02. The molecule has 1 aliphatic carbocycles. The number of carbonyl (C=O) groups is 1. The van der Waals surface area contributed by atoms with Gasteiger partial charge in [-0.2, -0.15) is 0 Å². The minimum Gasteiger partial charge on any atom is -0.481 e. The molecule has 1 aromatic carbocycles. The van der Waals surface area contributed by atoms with Crippen molar-refractivity contribution in [3.8, 4) is 0 Å². The number of nitrogens with two attached hydrogens (primary N) is 1. The average molecular weight is 205 g/mol. The van der Waals surface area contributed by atoms with Crippen molar-refractivity contribution in [2.75, 3.05) is 0 Å². The normalized spacial score (nSPS) is 26.0. The van der Waals surface area contributed by atoms with E-state index in [0.29, 0.717) is 6.42 Å². The first-order valence-corrected chi connectivity index (χ1v) is 5.14. The van der Waals surface area contributed by atoms with Gasteiger partial charge < -0.3 is 10.8 Å². The second-order valence-corrected chi connectivity index (χ2v) is 4.28. The van der Waals surface area contributed by atoms with Crippen molar-refractivity contribution >= 4 is 5.97 Å². The van der Waals surface area contributed by atoms with Gasteiger partial charge >= 0.3 is 5.97 Å². The summed E-state index contributed by atoms with van der Waals surface area (Å²) in [5.74, 6) is -0.839. The second kappa shape index (κ2) is 3.66. The number of hydrogen-bond donors (Lipinski definition) is 2. The molecule has 0 heterocycles. The van der Waals surface area contributed by atoms with Gasteiger partial charge in [0.25, 0.3) is 0 Å². The standard InChI is InChI=1S/C12H15NO2/c1-7-2-4-8(5-3-7)11(13)9-6-10(9)12(14)15/h2-5,9-11H,6,13H2,1H3,(H,14,15). The van der Waals surface area contributed by atoms with Gasteiger partial charge in [0.1, 0.15) is 0 Å². The van der Waals surface area contributed by atoms with Crippen LogP contribution in [0.1, 0.15) is 23.6 Å². The molecular weight excluding hydrogens is 190 g/mol. The van der Waals surface area contributed by atoms with Crippen molar-refractivity contribution in [3.63, 3.8) is 0 Å². The summed E-state index contributed by atoms with van der Waals surface area (Å²) in [5, 5.41) is 8.81. The maximum Gasteiger partial charge on any atom is 0.306 e. The highest BCUT2D eigenvalue weighted by Gasteiger charge is 2.47. The number of aliphatic carboxylic acids is 1. The summed E-state index contributed by atoms with van der Waals surface area (Å²) < 4.78 is 0. The van der Waals surface area contributed by atoms with E-state index in [0.717, 1.165) is 5.56 Å². The Morgan fingerprint density at radius 2 is 2.07 bits per heavy atom. The largest absolute Gasteiger partial charge is 0.481 e. The van der Waals surface area contributed by atoms with Crippen molar-refractivity contribution < 1.29 is 9.90 Å². The highest BCUT2D eigenvalue weighted by Crippen LogP contribution is 2.46. The fourth-order valence-corrected chi connectivity index (χ4v) is 1.93. The zero-order chi connectivity index (χ0) is 11.0. The number of hydrogen-bond acceptors (Lipinski definition) is 2. The Morgan fingerprint density at radius 3 is 2.53 bits per heavy atom. The number of aryl methyl sites for hydroxylation is 1. The third-order valence-corrected chi connectivity index (χ3v) is 3.08. The van der Waals surface area contributed by atoms with Crippen LogP contribution in [0.3, 0.4) is 0 Å². The Balaban J connectivity index is 2.06. The Morgan fingerprint density at radius 1 is 1.47 bits per heavy atom. The summed E-state index contributed by atoms with van der Waals surface area (Å²) >= 11 is 0. The molecule has 0 bridgehead atoms. The van der Waals surface area contributed by atoms with Crippen LogP contribution < -0.4 is 5.73 Å². The molecule has 1 aliphatic rings. The van der Waals surface area contributed by atoms with Gasteiger partial charge in [0.2, 0.25) is 0 Å². The summed E-state index contributed by atoms with van der Waals surface area (Å²) in [6.45, 7) is 2.02. The van der Waals surface area contributed by atoms with Crippen LogP contribution in [0.4, 0.5) is 0 Å². The lowest BCUT2D eigenvalue weighted by molar-refractivity contribution is -0.138. The van der Waals surface area contributed by atoms with E-state index >= 15 is 0 Å². The molecule has 3 atom stereocenters. The first-order chi connectivity index (χ1) is 7.09. The lowest BCUT2D eigenvalue weighted by Gasteiger charge is -2.11. The van der Waals surface area contributed by atoms with Crippen LogP contribution >= 0.6 is 0 Å². The van der Waals surface area contributed by atoms with Crippen LogP contribution in [-0.2, 0) is 4.79 Å². The molecule has 1 aromatic rings. The predicted octanol–water partition coefficient (Wildman–Crippen LogP) is 1.72. The molecule has 0 aromatic heterocycles. The molecule has 80 valence electrons. The molecule has 15 heavy (non-hydrogen) atoms. The van der Waals surface area contributed by atoms with Crippen LogP contribution in [0, 0.1) is 18.8 Å². The Kier molecular flexibility index (Phi) is 2.49. The maximum atomic E-state index is 10.7. The van der Waals surface area contributed by atoms with Gasteiger partial charge in [0.05, 0.1) is 5.92 Å². The summed E-state index contributed by atoms with van der Waals surface area (Å²) in [4.78, 5) is 10.7. The molecule has 3 unspecified atom stereocenters. The van der Waals surface area contributed by atoms with Gasteiger partial charge in [-0.05, 0) is 24.8 Å². The molecule has 0 spiro atoms. The molecule has 3 nitrogen and oxygen atoms in total. The first-order valence-electron chi connectivity index (χ1n) is 5.14. The van der Waals surface area contributed by atoms with E-state index in [1.165, 1.54) is 5.56 Å². The number of carboxylic acid groups (broad SMARTS) is 1. The van der Waals surface area contributed by atoms with Crippen molar-refractivity contribution in [2.24, 2.45) is 17.6 Å². The fraction of sp³-hybridized carbons (Fsp3) is 0.417. The Labute approximate surface area is 88.9 Å². The van der Waals surface area contributed by atoms with Crippen LogP contribution in [0.25, 0.3) is 0 Å². The van der Waals surface area contributed by atoms with Crippen molar-refractivity contribution in [1.82, 2.24) is 0 Å². The predicted molar refractivity (Wildman–Crippen MR) is 57.3 cm³/mol. The van der Waals surface area contributed by atoms with E-state index in [2.05, 4.69) is 0 Å². The number of rotatable bonds is 3. The number of benzene rings is 1. The highest BCUT2D eigenvalue weighted by atomic mass is 16.4. The van der Waals surface area contributed by atoms with E-state index in [9.17, 15) is 4.79 Å². The van der Waals surface area contributed by atoms with Gasteiger partial charge in [-0.25, -0.2) is 0 Å². The minimum atomic E-state index is -0.720. The smallest absolute Gasteiger partial charge is 0.306 e. The lowest BCUT2D eigenvalue weighted by Crippen LogP contribution is -2.15. The SMILES string of the molecule is Cc1ccc(C(N)C2CC2C(=O)O)cc1. The zero-order valence-corrected chi connectivity index (χ0v) is 8.68. The quantitative estimate of drug-likeness (QED) is 0.789. The third-order valence-electron chi connectivity index (χ3n) is 3.08. The van der Waals surface area contributed by atoms with Gasteiger partial charge in [-0.1, -0.05) is 29.8 Å². The molecule has 1 fully saturated rings. The van der Waals surface area contributed by atoms with Crippen molar-refractivity contribution in [2.45, 2.75) is 19.4 Å². The minimum absolute atomic E-state index is 0.116. The summed E-state index contributed by atoms with van der Waals surface area (Å²) in [6, 6.07) is 7.85. The molecule has 0 aliphatic heterocycles. The van der Waals surface area contributed by atoms with E-state index in [1.54, 1.807) is 0 Å². The van der Waals surface area contributed by atoms with Crippen molar-refractivity contribution in [3.05, 3.63) is 35.4 Å².